The summed E-state index contributed by atoms with van der Waals surface area (Å²) in [6.07, 6.45) is 0.0119. The number of hydrogen-bond donors (Lipinski definition) is 2. The summed E-state index contributed by atoms with van der Waals surface area (Å²) in [5.41, 5.74) is 0.561. The summed E-state index contributed by atoms with van der Waals surface area (Å²) < 4.78 is 14.1. The third-order valence-electron chi connectivity index (χ3n) is 4.04. The zero-order chi connectivity index (χ0) is 14.9. The predicted octanol–water partition coefficient (Wildman–Crippen LogP) is 1.84. The number of rotatable bonds is 3. The number of amides is 1. The van der Waals surface area contributed by atoms with Crippen molar-refractivity contribution in [3.63, 3.8) is 0 Å². The van der Waals surface area contributed by atoms with Gasteiger partial charge in [-0.1, -0.05) is 6.07 Å². The van der Waals surface area contributed by atoms with Gasteiger partial charge in [-0.25, -0.2) is 4.39 Å². The van der Waals surface area contributed by atoms with Gasteiger partial charge in [-0.05, 0) is 38.0 Å². The summed E-state index contributed by atoms with van der Waals surface area (Å²) in [5, 5.41) is 12.1. The zero-order valence-corrected chi connectivity index (χ0v) is 12.1. The Morgan fingerprint density at radius 1 is 1.55 bits per heavy atom. The number of aliphatic hydroxyl groups excluding tert-OH is 1. The van der Waals surface area contributed by atoms with Gasteiger partial charge in [0.2, 0.25) is 5.91 Å². The van der Waals surface area contributed by atoms with Crippen LogP contribution in [-0.2, 0) is 4.79 Å². The van der Waals surface area contributed by atoms with E-state index in [4.69, 9.17) is 0 Å². The fraction of sp³-hybridized carbons (Fsp3) is 0.533. The molecule has 20 heavy (non-hydrogen) atoms. The van der Waals surface area contributed by atoms with Crippen LogP contribution in [0.5, 0.6) is 0 Å². The molecule has 1 aliphatic rings. The summed E-state index contributed by atoms with van der Waals surface area (Å²) in [6.45, 7) is 4.65. The number of aliphatic hydroxyl groups is 1. The van der Waals surface area contributed by atoms with Crippen LogP contribution in [0.4, 0.5) is 10.1 Å². The molecule has 2 N–H and O–H groups in total. The van der Waals surface area contributed by atoms with Crippen molar-refractivity contribution < 1.29 is 14.3 Å². The lowest BCUT2D eigenvalue weighted by Gasteiger charge is -2.24. The van der Waals surface area contributed by atoms with E-state index in [2.05, 4.69) is 5.32 Å². The van der Waals surface area contributed by atoms with E-state index in [0.29, 0.717) is 30.8 Å². The van der Waals surface area contributed by atoms with Crippen molar-refractivity contribution in [2.75, 3.05) is 25.0 Å². The van der Waals surface area contributed by atoms with Crippen molar-refractivity contribution in [3.05, 3.63) is 29.6 Å². The van der Waals surface area contributed by atoms with Gasteiger partial charge in [-0.15, -0.1) is 0 Å². The molecule has 0 saturated carbocycles. The van der Waals surface area contributed by atoms with E-state index in [1.165, 1.54) is 6.07 Å². The maximum absolute atomic E-state index is 14.1. The molecule has 1 aromatic rings. The number of halogens is 1. The lowest BCUT2D eigenvalue weighted by molar-refractivity contribution is -0.128. The van der Waals surface area contributed by atoms with Crippen LogP contribution in [0.25, 0.3) is 0 Å². The fourth-order valence-electron chi connectivity index (χ4n) is 2.69. The van der Waals surface area contributed by atoms with Crippen LogP contribution in [0.3, 0.4) is 0 Å². The molecule has 5 heteroatoms. The van der Waals surface area contributed by atoms with Gasteiger partial charge in [0.1, 0.15) is 5.82 Å². The van der Waals surface area contributed by atoms with E-state index in [9.17, 15) is 14.3 Å². The van der Waals surface area contributed by atoms with Crippen LogP contribution in [0.1, 0.15) is 31.9 Å². The molecular weight excluding hydrogens is 259 g/mol. The van der Waals surface area contributed by atoms with Gasteiger partial charge in [0.25, 0.3) is 0 Å². The lowest BCUT2D eigenvalue weighted by Crippen LogP contribution is -2.39. The molecule has 0 bridgehead atoms. The molecule has 2 atom stereocenters. The highest BCUT2D eigenvalue weighted by Gasteiger charge is 2.40. The summed E-state index contributed by atoms with van der Waals surface area (Å²) >= 11 is 0. The number of carbonyl (C=O) groups is 1. The Labute approximate surface area is 118 Å². The summed E-state index contributed by atoms with van der Waals surface area (Å²) in [4.78, 5) is 13.8. The Kier molecular flexibility index (Phi) is 3.99. The van der Waals surface area contributed by atoms with Crippen molar-refractivity contribution in [3.8, 4) is 0 Å². The molecule has 0 aromatic heterocycles. The molecule has 0 spiro atoms. The molecule has 2 unspecified atom stereocenters. The normalized spacial score (nSPS) is 23.8. The molecular formula is C15H21FN2O2. The SMILES string of the molecule is CNC(=O)C1(C)CCN(c2ccc(C(C)O)cc2F)C1. The second kappa shape index (κ2) is 5.40. The second-order valence-electron chi connectivity index (χ2n) is 5.70. The predicted molar refractivity (Wildman–Crippen MR) is 76.0 cm³/mol. The van der Waals surface area contributed by atoms with Gasteiger partial charge in [0.05, 0.1) is 17.2 Å². The van der Waals surface area contributed by atoms with Gasteiger partial charge in [0.15, 0.2) is 0 Å². The molecule has 1 saturated heterocycles. The Morgan fingerprint density at radius 2 is 2.25 bits per heavy atom. The maximum atomic E-state index is 14.1. The number of carbonyl (C=O) groups excluding carboxylic acids is 1. The standard InChI is InChI=1S/C15H21FN2O2/c1-10(19)11-4-5-13(12(16)8-11)18-7-6-15(2,9-18)14(20)17-3/h4-5,8,10,19H,6-7,9H2,1-3H3,(H,17,20). The van der Waals surface area contributed by atoms with Crippen LogP contribution in [0.15, 0.2) is 18.2 Å². The third-order valence-corrected chi connectivity index (χ3v) is 4.04. The van der Waals surface area contributed by atoms with E-state index in [1.54, 1.807) is 26.1 Å². The Hall–Kier alpha value is -1.62. The van der Waals surface area contributed by atoms with Crippen molar-refractivity contribution in [2.24, 2.45) is 5.41 Å². The Morgan fingerprint density at radius 3 is 2.80 bits per heavy atom. The van der Waals surface area contributed by atoms with Gasteiger partial charge >= 0.3 is 0 Å². The van der Waals surface area contributed by atoms with Crippen LogP contribution in [-0.4, -0.2) is 31.2 Å². The molecule has 1 aromatic carbocycles. The van der Waals surface area contributed by atoms with Crippen LogP contribution >= 0.6 is 0 Å². The number of hydrogen-bond acceptors (Lipinski definition) is 3. The largest absolute Gasteiger partial charge is 0.389 e. The van der Waals surface area contributed by atoms with E-state index in [1.807, 2.05) is 11.8 Å². The van der Waals surface area contributed by atoms with E-state index < -0.39 is 11.5 Å². The van der Waals surface area contributed by atoms with Gasteiger partial charge in [-0.2, -0.15) is 0 Å². The maximum Gasteiger partial charge on any atom is 0.227 e. The average molecular weight is 280 g/mol. The topological polar surface area (TPSA) is 52.6 Å². The molecule has 1 amide bonds. The van der Waals surface area contributed by atoms with Crippen LogP contribution < -0.4 is 10.2 Å². The van der Waals surface area contributed by atoms with Crippen molar-refractivity contribution in [2.45, 2.75) is 26.4 Å². The molecule has 1 heterocycles. The monoisotopic (exact) mass is 280 g/mol. The minimum atomic E-state index is -0.687. The number of benzene rings is 1. The first-order chi connectivity index (χ1) is 9.37. The number of anilines is 1. The van der Waals surface area contributed by atoms with E-state index in [0.717, 1.165) is 0 Å². The highest BCUT2D eigenvalue weighted by Crippen LogP contribution is 2.35. The number of nitrogens with zero attached hydrogens (tertiary/aromatic N) is 1. The van der Waals surface area contributed by atoms with Gasteiger partial charge in [-0.3, -0.25) is 4.79 Å². The molecule has 1 aliphatic heterocycles. The third kappa shape index (κ3) is 2.63. The highest BCUT2D eigenvalue weighted by atomic mass is 19.1. The fourth-order valence-corrected chi connectivity index (χ4v) is 2.69. The molecule has 2 rings (SSSR count). The average Bonchev–Trinajstić information content (AvgIpc) is 2.81. The first-order valence-electron chi connectivity index (χ1n) is 6.82. The Balaban J connectivity index is 2.20. The highest BCUT2D eigenvalue weighted by molar-refractivity contribution is 5.83. The summed E-state index contributed by atoms with van der Waals surface area (Å²) in [5.74, 6) is -0.370. The minimum Gasteiger partial charge on any atom is -0.389 e. The van der Waals surface area contributed by atoms with E-state index in [-0.39, 0.29) is 11.7 Å². The summed E-state index contributed by atoms with van der Waals surface area (Å²) in [6, 6.07) is 4.75. The van der Waals surface area contributed by atoms with E-state index >= 15 is 0 Å². The second-order valence-corrected chi connectivity index (χ2v) is 5.70. The number of nitrogens with one attached hydrogen (secondary N) is 1. The molecule has 0 radical (unpaired) electrons. The first-order valence-corrected chi connectivity index (χ1v) is 6.82. The summed E-state index contributed by atoms with van der Waals surface area (Å²) in [7, 11) is 1.62. The van der Waals surface area contributed by atoms with Gasteiger partial charge in [0, 0.05) is 20.1 Å². The van der Waals surface area contributed by atoms with Gasteiger partial charge < -0.3 is 15.3 Å². The minimum absolute atomic E-state index is 0.0130. The lowest BCUT2D eigenvalue weighted by atomic mass is 9.89. The first kappa shape index (κ1) is 14.8. The molecule has 110 valence electrons. The zero-order valence-electron chi connectivity index (χ0n) is 12.1. The van der Waals surface area contributed by atoms with Crippen molar-refractivity contribution in [1.82, 2.24) is 5.32 Å². The van der Waals surface area contributed by atoms with Crippen LogP contribution in [0, 0.1) is 11.2 Å². The Bertz CT molecular complexity index is 519. The van der Waals surface area contributed by atoms with Crippen molar-refractivity contribution in [1.29, 1.82) is 0 Å². The quantitative estimate of drug-likeness (QED) is 0.888. The molecule has 0 aliphatic carbocycles. The van der Waals surface area contributed by atoms with Crippen molar-refractivity contribution >= 4 is 11.6 Å². The molecule has 4 nitrogen and oxygen atoms in total. The smallest absolute Gasteiger partial charge is 0.227 e. The van der Waals surface area contributed by atoms with Crippen LogP contribution in [0.2, 0.25) is 0 Å². The molecule has 1 fully saturated rings.